The number of hydrogen-bond donors (Lipinski definition) is 1. The molecule has 1 aliphatic rings. The minimum absolute atomic E-state index is 0.289. The molecule has 0 bridgehead atoms. The molecule has 0 saturated carbocycles. The Kier molecular flexibility index (Phi) is 4.14. The van der Waals surface area contributed by atoms with Crippen LogP contribution in [0.15, 0.2) is 6.07 Å². The van der Waals surface area contributed by atoms with Gasteiger partial charge in [0.1, 0.15) is 0 Å². The Hall–Kier alpha value is -0.390. The second kappa shape index (κ2) is 5.31. The minimum atomic E-state index is -2.75. The fourth-order valence-electron chi connectivity index (χ4n) is 2.57. The summed E-state index contributed by atoms with van der Waals surface area (Å²) in [4.78, 5) is 2.69. The van der Waals surface area contributed by atoms with Gasteiger partial charge in [0.05, 0.1) is 11.5 Å². The summed E-state index contributed by atoms with van der Waals surface area (Å²) in [6, 6.07) is 2.53. The molecule has 1 aromatic heterocycles. The van der Waals surface area contributed by atoms with Crippen molar-refractivity contribution in [2.75, 3.05) is 18.1 Å². The molecule has 3 nitrogen and oxygen atoms in total. The van der Waals surface area contributed by atoms with Gasteiger partial charge in [-0.3, -0.25) is 0 Å². The minimum Gasteiger partial charge on any atom is -0.310 e. The second-order valence-corrected chi connectivity index (χ2v) is 8.96. The third kappa shape index (κ3) is 3.33. The first kappa shape index (κ1) is 14.0. The first-order chi connectivity index (χ1) is 8.37. The number of hydrogen-bond acceptors (Lipinski definition) is 4. The molecule has 2 rings (SSSR count). The highest BCUT2D eigenvalue weighted by Gasteiger charge is 2.27. The van der Waals surface area contributed by atoms with Crippen molar-refractivity contribution in [1.82, 2.24) is 5.32 Å². The molecule has 2 unspecified atom stereocenters. The molecule has 1 aliphatic heterocycles. The molecule has 0 radical (unpaired) electrons. The van der Waals surface area contributed by atoms with Crippen LogP contribution in [-0.2, 0) is 9.84 Å². The van der Waals surface area contributed by atoms with E-state index in [-0.39, 0.29) is 5.92 Å². The van der Waals surface area contributed by atoms with Crippen LogP contribution in [0, 0.1) is 19.8 Å². The van der Waals surface area contributed by atoms with Crippen LogP contribution in [-0.4, -0.2) is 26.5 Å². The van der Waals surface area contributed by atoms with Gasteiger partial charge >= 0.3 is 0 Å². The predicted molar refractivity (Wildman–Crippen MR) is 77.0 cm³/mol. The van der Waals surface area contributed by atoms with E-state index in [9.17, 15) is 8.42 Å². The summed E-state index contributed by atoms with van der Waals surface area (Å²) in [5.74, 6) is 1.01. The van der Waals surface area contributed by atoms with Crippen molar-refractivity contribution in [2.45, 2.75) is 33.2 Å². The topological polar surface area (TPSA) is 46.2 Å². The summed E-state index contributed by atoms with van der Waals surface area (Å²) in [5, 5.41) is 3.48. The fourth-order valence-corrected chi connectivity index (χ4v) is 5.45. The molecule has 2 heterocycles. The third-order valence-electron chi connectivity index (χ3n) is 3.59. The Morgan fingerprint density at radius 3 is 2.72 bits per heavy atom. The normalized spacial score (nSPS) is 24.3. The highest BCUT2D eigenvalue weighted by atomic mass is 32.2. The van der Waals surface area contributed by atoms with Crippen LogP contribution in [0.4, 0.5) is 0 Å². The maximum Gasteiger partial charge on any atom is 0.150 e. The number of aryl methyl sites for hydroxylation is 2. The van der Waals surface area contributed by atoms with Crippen molar-refractivity contribution in [3.05, 3.63) is 21.4 Å². The lowest BCUT2D eigenvalue weighted by Crippen LogP contribution is -2.26. The Morgan fingerprint density at radius 1 is 1.50 bits per heavy atom. The largest absolute Gasteiger partial charge is 0.310 e. The lowest BCUT2D eigenvalue weighted by Gasteiger charge is -2.16. The van der Waals surface area contributed by atoms with Crippen LogP contribution < -0.4 is 5.32 Å². The Morgan fingerprint density at radius 2 is 2.22 bits per heavy atom. The van der Waals surface area contributed by atoms with Crippen molar-refractivity contribution < 1.29 is 8.42 Å². The Bertz CT molecular complexity index is 519. The van der Waals surface area contributed by atoms with E-state index in [1.807, 2.05) is 11.3 Å². The molecule has 5 heteroatoms. The molecule has 1 saturated heterocycles. The van der Waals surface area contributed by atoms with Gasteiger partial charge in [-0.25, -0.2) is 8.42 Å². The monoisotopic (exact) mass is 287 g/mol. The molecule has 18 heavy (non-hydrogen) atoms. The van der Waals surface area contributed by atoms with Crippen molar-refractivity contribution in [1.29, 1.82) is 0 Å². The Balaban J connectivity index is 1.89. The van der Waals surface area contributed by atoms with E-state index < -0.39 is 9.84 Å². The lowest BCUT2D eigenvalue weighted by atomic mass is 10.1. The van der Waals surface area contributed by atoms with Crippen LogP contribution in [0.1, 0.15) is 34.7 Å². The summed E-state index contributed by atoms with van der Waals surface area (Å²) >= 11 is 1.82. The molecule has 0 aliphatic carbocycles. The van der Waals surface area contributed by atoms with E-state index in [0.717, 1.165) is 13.0 Å². The molecule has 0 amide bonds. The highest BCUT2D eigenvalue weighted by Crippen LogP contribution is 2.26. The number of nitrogens with one attached hydrogen (secondary N) is 1. The van der Waals surface area contributed by atoms with E-state index in [2.05, 4.69) is 32.2 Å². The van der Waals surface area contributed by atoms with Crippen molar-refractivity contribution in [3.63, 3.8) is 0 Å². The smallest absolute Gasteiger partial charge is 0.150 e. The lowest BCUT2D eigenvalue weighted by molar-refractivity contribution is 0.476. The van der Waals surface area contributed by atoms with Gasteiger partial charge in [-0.15, -0.1) is 11.3 Å². The fraction of sp³-hybridized carbons (Fsp3) is 0.692. The first-order valence-corrected chi connectivity index (χ1v) is 9.02. The van der Waals surface area contributed by atoms with Gasteiger partial charge in [0.2, 0.25) is 0 Å². The van der Waals surface area contributed by atoms with Crippen LogP contribution in [0.3, 0.4) is 0 Å². The molecule has 1 fully saturated rings. The standard InChI is InChI=1S/C13H21NO2S2/c1-9-6-13(11(3)17-9)10(2)14-7-12-4-5-18(15,16)8-12/h6,10,12,14H,4-5,7-8H2,1-3H3. The van der Waals surface area contributed by atoms with Gasteiger partial charge in [0, 0.05) is 15.8 Å². The van der Waals surface area contributed by atoms with E-state index in [1.54, 1.807) is 0 Å². The maximum atomic E-state index is 11.4. The molecule has 1 aromatic rings. The molecular formula is C13H21NO2S2. The van der Waals surface area contributed by atoms with Gasteiger partial charge in [-0.2, -0.15) is 0 Å². The first-order valence-electron chi connectivity index (χ1n) is 6.38. The van der Waals surface area contributed by atoms with E-state index >= 15 is 0 Å². The van der Waals surface area contributed by atoms with E-state index in [1.165, 1.54) is 15.3 Å². The van der Waals surface area contributed by atoms with Crippen LogP contribution in [0.2, 0.25) is 0 Å². The van der Waals surface area contributed by atoms with Crippen molar-refractivity contribution >= 4 is 21.2 Å². The summed E-state index contributed by atoms with van der Waals surface area (Å²) in [7, 11) is -2.75. The van der Waals surface area contributed by atoms with Gasteiger partial charge in [-0.05, 0) is 51.3 Å². The molecule has 102 valence electrons. The van der Waals surface area contributed by atoms with Gasteiger partial charge in [0.25, 0.3) is 0 Å². The molecule has 1 N–H and O–H groups in total. The Labute approximate surface area is 114 Å². The van der Waals surface area contributed by atoms with Crippen molar-refractivity contribution in [3.8, 4) is 0 Å². The van der Waals surface area contributed by atoms with Crippen LogP contribution in [0.5, 0.6) is 0 Å². The molecular weight excluding hydrogens is 266 g/mol. The SMILES string of the molecule is Cc1cc(C(C)NCC2CCS(=O)(=O)C2)c(C)s1. The number of rotatable bonds is 4. The quantitative estimate of drug-likeness (QED) is 0.925. The van der Waals surface area contributed by atoms with Crippen LogP contribution >= 0.6 is 11.3 Å². The summed E-state index contributed by atoms with van der Waals surface area (Å²) < 4.78 is 22.8. The zero-order valence-electron chi connectivity index (χ0n) is 11.2. The van der Waals surface area contributed by atoms with E-state index in [4.69, 9.17) is 0 Å². The predicted octanol–water partition coefficient (Wildman–Crippen LogP) is 2.45. The van der Waals surface area contributed by atoms with Gasteiger partial charge < -0.3 is 5.32 Å². The third-order valence-corrected chi connectivity index (χ3v) is 6.40. The number of thiophene rings is 1. The summed E-state index contributed by atoms with van der Waals surface area (Å²) in [6.45, 7) is 7.22. The van der Waals surface area contributed by atoms with Crippen molar-refractivity contribution in [2.24, 2.45) is 5.92 Å². The molecule has 0 spiro atoms. The van der Waals surface area contributed by atoms with Crippen LogP contribution in [0.25, 0.3) is 0 Å². The number of sulfone groups is 1. The highest BCUT2D eigenvalue weighted by molar-refractivity contribution is 7.91. The second-order valence-electron chi connectivity index (χ2n) is 5.27. The molecule has 0 aromatic carbocycles. The average Bonchev–Trinajstić information content (AvgIpc) is 2.78. The molecule has 2 atom stereocenters. The van der Waals surface area contributed by atoms with Gasteiger partial charge in [-0.1, -0.05) is 0 Å². The summed E-state index contributed by atoms with van der Waals surface area (Å²) in [6.07, 6.45) is 0.809. The van der Waals surface area contributed by atoms with Gasteiger partial charge in [0.15, 0.2) is 9.84 Å². The maximum absolute atomic E-state index is 11.4. The average molecular weight is 287 g/mol. The summed E-state index contributed by atoms with van der Waals surface area (Å²) in [5.41, 5.74) is 1.35. The zero-order chi connectivity index (χ0) is 13.3. The van der Waals surface area contributed by atoms with E-state index in [0.29, 0.717) is 17.5 Å². The zero-order valence-corrected chi connectivity index (χ0v) is 12.8.